The zero-order chi connectivity index (χ0) is 10.3. The molecule has 0 aliphatic rings. The predicted octanol–water partition coefficient (Wildman–Crippen LogP) is 3.93. The largest absolute Gasteiger partial charge is 0.462 e. The van der Waals surface area contributed by atoms with Gasteiger partial charge in [-0.25, -0.2) is 0 Å². The van der Waals surface area contributed by atoms with E-state index in [4.69, 9.17) is 4.74 Å². The molecule has 0 saturated heterocycles. The summed E-state index contributed by atoms with van der Waals surface area (Å²) < 4.78 is 5.35. The molecule has 0 aromatic heterocycles. The number of ether oxygens (including phenoxy) is 1. The Morgan fingerprint density at radius 2 is 1.77 bits per heavy atom. The van der Waals surface area contributed by atoms with Crippen molar-refractivity contribution in [2.75, 3.05) is 0 Å². The Morgan fingerprint density at radius 3 is 2.23 bits per heavy atom. The summed E-state index contributed by atoms with van der Waals surface area (Å²) in [4.78, 5) is 0. The molecule has 0 amide bonds. The van der Waals surface area contributed by atoms with Crippen LogP contribution in [0.5, 0.6) is 5.75 Å². The molecular weight excluding hydrogens is 160 g/mol. The first-order chi connectivity index (χ1) is 6.20. The minimum atomic E-state index is 0.722. The van der Waals surface area contributed by atoms with E-state index >= 15 is 0 Å². The highest BCUT2D eigenvalue weighted by molar-refractivity contribution is 5.32. The van der Waals surface area contributed by atoms with Gasteiger partial charge in [0.2, 0.25) is 0 Å². The molecule has 0 aliphatic carbocycles. The molecule has 0 N–H and O–H groups in total. The summed E-state index contributed by atoms with van der Waals surface area (Å²) in [5, 5.41) is 0. The minimum Gasteiger partial charge on any atom is -0.462 e. The summed E-state index contributed by atoms with van der Waals surface area (Å²) in [5.41, 5.74) is 1.13. The molecule has 13 heavy (non-hydrogen) atoms. The van der Waals surface area contributed by atoms with Gasteiger partial charge in [0, 0.05) is 0 Å². The third kappa shape index (κ3) is 4.36. The lowest BCUT2D eigenvalue weighted by Crippen LogP contribution is -1.90. The molecule has 0 fully saturated rings. The summed E-state index contributed by atoms with van der Waals surface area (Å²) in [5.74, 6) is 1.61. The maximum atomic E-state index is 5.35. The van der Waals surface area contributed by atoms with Crippen molar-refractivity contribution in [3.63, 3.8) is 0 Å². The molecule has 0 unspecified atom stereocenters. The van der Waals surface area contributed by atoms with E-state index in [0.717, 1.165) is 17.1 Å². The third-order valence-electron chi connectivity index (χ3n) is 1.38. The maximum Gasteiger partial charge on any atom is 0.129 e. The average molecular weight is 178 g/mol. The lowest BCUT2D eigenvalue weighted by Gasteiger charge is -2.06. The van der Waals surface area contributed by atoms with E-state index in [-0.39, 0.29) is 0 Å². The number of hydrogen-bond acceptors (Lipinski definition) is 1. The summed E-state index contributed by atoms with van der Waals surface area (Å²) in [6.45, 7) is 11.5. The summed E-state index contributed by atoms with van der Waals surface area (Å²) >= 11 is 0. The van der Waals surface area contributed by atoms with Gasteiger partial charge in [-0.3, -0.25) is 0 Å². The molecule has 1 heteroatoms. The Labute approximate surface area is 81.1 Å². The number of benzene rings is 1. The fraction of sp³-hybridized carbons (Fsp3) is 0.333. The SMILES string of the molecule is C=C(C)Oc1ccccc1C.CC. The van der Waals surface area contributed by atoms with Gasteiger partial charge in [0.1, 0.15) is 5.75 Å². The third-order valence-corrected chi connectivity index (χ3v) is 1.38. The number of allylic oxidation sites excluding steroid dienone is 1. The van der Waals surface area contributed by atoms with Crippen molar-refractivity contribution in [2.45, 2.75) is 27.7 Å². The second-order valence-corrected chi connectivity index (χ2v) is 2.57. The Bertz CT molecular complexity index is 264. The number of hydrogen-bond donors (Lipinski definition) is 0. The maximum absolute atomic E-state index is 5.35. The lowest BCUT2D eigenvalue weighted by molar-refractivity contribution is 0.427. The first kappa shape index (κ1) is 11.8. The van der Waals surface area contributed by atoms with Gasteiger partial charge in [0.05, 0.1) is 5.76 Å². The zero-order valence-electron chi connectivity index (χ0n) is 8.92. The molecule has 1 nitrogen and oxygen atoms in total. The van der Waals surface area contributed by atoms with Gasteiger partial charge in [-0.2, -0.15) is 0 Å². The molecule has 0 spiro atoms. The first-order valence-electron chi connectivity index (χ1n) is 4.59. The summed E-state index contributed by atoms with van der Waals surface area (Å²) in [6, 6.07) is 7.88. The normalized spacial score (nSPS) is 8.31. The molecular formula is C12H18O. The van der Waals surface area contributed by atoms with Crippen molar-refractivity contribution in [3.8, 4) is 5.75 Å². The minimum absolute atomic E-state index is 0.722. The van der Waals surface area contributed by atoms with E-state index in [1.54, 1.807) is 0 Å². The molecule has 1 aromatic carbocycles. The van der Waals surface area contributed by atoms with Crippen LogP contribution in [0.4, 0.5) is 0 Å². The monoisotopic (exact) mass is 178 g/mol. The van der Waals surface area contributed by atoms with E-state index in [1.165, 1.54) is 0 Å². The highest BCUT2D eigenvalue weighted by atomic mass is 16.5. The van der Waals surface area contributed by atoms with Crippen molar-refractivity contribution < 1.29 is 4.74 Å². The van der Waals surface area contributed by atoms with Crippen LogP contribution < -0.4 is 4.74 Å². The fourth-order valence-corrected chi connectivity index (χ4v) is 0.859. The molecule has 0 aliphatic heterocycles. The first-order valence-corrected chi connectivity index (χ1v) is 4.59. The molecule has 0 atom stereocenters. The van der Waals surface area contributed by atoms with Gasteiger partial charge in [0.15, 0.2) is 0 Å². The fourth-order valence-electron chi connectivity index (χ4n) is 0.859. The highest BCUT2D eigenvalue weighted by Gasteiger charge is 1.95. The van der Waals surface area contributed by atoms with Crippen molar-refractivity contribution >= 4 is 0 Å². The van der Waals surface area contributed by atoms with Crippen LogP contribution in [0, 0.1) is 6.92 Å². The van der Waals surface area contributed by atoms with Gasteiger partial charge in [0.25, 0.3) is 0 Å². The van der Waals surface area contributed by atoms with Gasteiger partial charge in [-0.05, 0) is 25.5 Å². The Hall–Kier alpha value is -1.24. The van der Waals surface area contributed by atoms with Crippen LogP contribution in [0.15, 0.2) is 36.6 Å². The van der Waals surface area contributed by atoms with Crippen LogP contribution in [0.3, 0.4) is 0 Å². The van der Waals surface area contributed by atoms with Crippen LogP contribution >= 0.6 is 0 Å². The molecule has 0 radical (unpaired) electrons. The van der Waals surface area contributed by atoms with Crippen molar-refractivity contribution in [1.29, 1.82) is 0 Å². The van der Waals surface area contributed by atoms with Gasteiger partial charge in [-0.1, -0.05) is 38.6 Å². The number of para-hydroxylation sites is 1. The highest BCUT2D eigenvalue weighted by Crippen LogP contribution is 2.17. The van der Waals surface area contributed by atoms with E-state index in [1.807, 2.05) is 52.0 Å². The molecule has 0 saturated carbocycles. The molecule has 1 aromatic rings. The zero-order valence-corrected chi connectivity index (χ0v) is 8.92. The van der Waals surface area contributed by atoms with Crippen LogP contribution in [0.2, 0.25) is 0 Å². The standard InChI is InChI=1S/C10H12O.C2H6/c1-8(2)11-10-7-5-4-6-9(10)3;1-2/h4-7H,1H2,2-3H3;1-2H3. The Morgan fingerprint density at radius 1 is 1.23 bits per heavy atom. The summed E-state index contributed by atoms with van der Waals surface area (Å²) in [7, 11) is 0. The lowest BCUT2D eigenvalue weighted by atomic mass is 10.2. The van der Waals surface area contributed by atoms with E-state index < -0.39 is 0 Å². The summed E-state index contributed by atoms with van der Waals surface area (Å²) in [6.07, 6.45) is 0. The molecule has 0 bridgehead atoms. The molecule has 1 rings (SSSR count). The van der Waals surface area contributed by atoms with Gasteiger partial charge < -0.3 is 4.74 Å². The smallest absolute Gasteiger partial charge is 0.129 e. The van der Waals surface area contributed by atoms with Crippen LogP contribution in [0.1, 0.15) is 26.3 Å². The van der Waals surface area contributed by atoms with Gasteiger partial charge >= 0.3 is 0 Å². The van der Waals surface area contributed by atoms with Crippen LogP contribution in [0.25, 0.3) is 0 Å². The van der Waals surface area contributed by atoms with Crippen LogP contribution in [-0.4, -0.2) is 0 Å². The average Bonchev–Trinajstić information content (AvgIpc) is 2.12. The second-order valence-electron chi connectivity index (χ2n) is 2.57. The van der Waals surface area contributed by atoms with Crippen molar-refractivity contribution in [3.05, 3.63) is 42.2 Å². The van der Waals surface area contributed by atoms with E-state index in [2.05, 4.69) is 6.58 Å². The number of aryl methyl sites for hydroxylation is 1. The number of rotatable bonds is 2. The quantitative estimate of drug-likeness (QED) is 0.623. The van der Waals surface area contributed by atoms with Gasteiger partial charge in [-0.15, -0.1) is 0 Å². The topological polar surface area (TPSA) is 9.23 Å². The van der Waals surface area contributed by atoms with E-state index in [9.17, 15) is 0 Å². The molecule has 72 valence electrons. The Kier molecular flexibility index (Phi) is 5.69. The van der Waals surface area contributed by atoms with Crippen molar-refractivity contribution in [2.24, 2.45) is 0 Å². The Balaban J connectivity index is 0.000000671. The van der Waals surface area contributed by atoms with Crippen LogP contribution in [-0.2, 0) is 0 Å². The second kappa shape index (κ2) is 6.30. The predicted molar refractivity (Wildman–Crippen MR) is 58.0 cm³/mol. The molecule has 0 heterocycles. The van der Waals surface area contributed by atoms with E-state index in [0.29, 0.717) is 0 Å². The van der Waals surface area contributed by atoms with Crippen molar-refractivity contribution in [1.82, 2.24) is 0 Å².